The lowest BCUT2D eigenvalue weighted by Gasteiger charge is -2.43. The molecule has 7 heteroatoms. The van der Waals surface area contributed by atoms with Crippen molar-refractivity contribution in [1.29, 1.82) is 0 Å². The third-order valence-electron chi connectivity index (χ3n) is 5.44. The summed E-state index contributed by atoms with van der Waals surface area (Å²) in [5.74, 6) is 0. The molecule has 2 atom stereocenters. The summed E-state index contributed by atoms with van der Waals surface area (Å²) in [6.45, 7) is 7.68. The van der Waals surface area contributed by atoms with Gasteiger partial charge >= 0.3 is 6.18 Å². The van der Waals surface area contributed by atoms with E-state index < -0.39 is 17.3 Å². The van der Waals surface area contributed by atoms with Gasteiger partial charge in [0.15, 0.2) is 0 Å². The Balaban J connectivity index is 1.93. The van der Waals surface area contributed by atoms with Gasteiger partial charge in [-0.25, -0.2) is 4.98 Å². The Morgan fingerprint density at radius 1 is 1.15 bits per heavy atom. The molecule has 2 heterocycles. The standard InChI is InChI=1S/C20H24F3N3O/c1-15-7-10-26(11-8-15)16(2)19(27,13-25-12-9-24-14-25)17-3-5-18(6-4-17)20(21,22)23/h3-6,9,12,14,16,27H,1,7-8,10-11,13H2,2H3/t16-,19-/m0/s1. The summed E-state index contributed by atoms with van der Waals surface area (Å²) in [7, 11) is 0. The first-order valence-corrected chi connectivity index (χ1v) is 8.97. The molecule has 0 radical (unpaired) electrons. The number of halogens is 3. The first-order valence-electron chi connectivity index (χ1n) is 8.97. The molecular weight excluding hydrogens is 355 g/mol. The second-order valence-corrected chi connectivity index (χ2v) is 7.20. The zero-order valence-corrected chi connectivity index (χ0v) is 15.3. The summed E-state index contributed by atoms with van der Waals surface area (Å²) >= 11 is 0. The summed E-state index contributed by atoms with van der Waals surface area (Å²) < 4.78 is 40.5. The van der Waals surface area contributed by atoms with Crippen molar-refractivity contribution in [2.75, 3.05) is 13.1 Å². The van der Waals surface area contributed by atoms with Crippen LogP contribution >= 0.6 is 0 Å². The number of rotatable bonds is 5. The number of piperidine rings is 1. The van der Waals surface area contributed by atoms with Crippen LogP contribution in [0.25, 0.3) is 0 Å². The zero-order chi connectivity index (χ0) is 19.7. The van der Waals surface area contributed by atoms with Crippen LogP contribution in [0.4, 0.5) is 13.2 Å². The summed E-state index contributed by atoms with van der Waals surface area (Å²) in [6.07, 6.45) is 2.26. The number of imidazole rings is 1. The Morgan fingerprint density at radius 2 is 1.74 bits per heavy atom. The highest BCUT2D eigenvalue weighted by atomic mass is 19.4. The molecule has 0 unspecified atom stereocenters. The van der Waals surface area contributed by atoms with Gasteiger partial charge in [0.05, 0.1) is 18.4 Å². The molecule has 0 bridgehead atoms. The Labute approximate surface area is 156 Å². The number of hydrogen-bond acceptors (Lipinski definition) is 3. The molecule has 146 valence electrons. The minimum atomic E-state index is -4.40. The van der Waals surface area contributed by atoms with Crippen LogP contribution in [-0.4, -0.2) is 38.7 Å². The SMILES string of the molecule is C=C1CCN([C@@H](C)[C@@](O)(Cn2ccnc2)c2ccc(C(F)(F)F)cc2)CC1. The fourth-order valence-corrected chi connectivity index (χ4v) is 3.60. The second-order valence-electron chi connectivity index (χ2n) is 7.20. The van der Waals surface area contributed by atoms with Crippen LogP contribution in [0, 0.1) is 0 Å². The van der Waals surface area contributed by atoms with Crippen molar-refractivity contribution in [2.45, 2.75) is 44.1 Å². The van der Waals surface area contributed by atoms with E-state index in [0.29, 0.717) is 5.56 Å². The highest BCUT2D eigenvalue weighted by Gasteiger charge is 2.40. The van der Waals surface area contributed by atoms with Crippen LogP contribution in [-0.2, 0) is 18.3 Å². The molecule has 1 N–H and O–H groups in total. The first kappa shape index (κ1) is 19.6. The third kappa shape index (κ3) is 4.25. The number of hydrogen-bond donors (Lipinski definition) is 1. The fraction of sp³-hybridized carbons (Fsp3) is 0.450. The molecule has 3 rings (SSSR count). The van der Waals surface area contributed by atoms with Crippen molar-refractivity contribution in [2.24, 2.45) is 0 Å². The largest absolute Gasteiger partial charge is 0.416 e. The van der Waals surface area contributed by atoms with Gasteiger partial charge < -0.3 is 9.67 Å². The van der Waals surface area contributed by atoms with Gasteiger partial charge in [0.2, 0.25) is 0 Å². The van der Waals surface area contributed by atoms with Crippen LogP contribution in [0.3, 0.4) is 0 Å². The van der Waals surface area contributed by atoms with E-state index in [1.54, 1.807) is 23.3 Å². The van der Waals surface area contributed by atoms with Gasteiger partial charge in [-0.1, -0.05) is 24.3 Å². The summed E-state index contributed by atoms with van der Waals surface area (Å²) in [4.78, 5) is 6.18. The Kier molecular flexibility index (Phi) is 5.44. The molecular formula is C20H24F3N3O. The first-order chi connectivity index (χ1) is 12.7. The van der Waals surface area contributed by atoms with Crippen molar-refractivity contribution in [1.82, 2.24) is 14.5 Å². The van der Waals surface area contributed by atoms with Crippen LogP contribution in [0.15, 0.2) is 55.1 Å². The zero-order valence-electron chi connectivity index (χ0n) is 15.3. The Hall–Kier alpha value is -2.12. The number of likely N-dealkylation sites (tertiary alicyclic amines) is 1. The number of aromatic nitrogens is 2. The molecule has 4 nitrogen and oxygen atoms in total. The summed E-state index contributed by atoms with van der Waals surface area (Å²) in [6, 6.07) is 4.51. The summed E-state index contributed by atoms with van der Waals surface area (Å²) in [5.41, 5.74) is -0.436. The van der Waals surface area contributed by atoms with Crippen LogP contribution < -0.4 is 0 Å². The van der Waals surface area contributed by atoms with E-state index in [4.69, 9.17) is 0 Å². The average Bonchev–Trinajstić information content (AvgIpc) is 3.14. The summed E-state index contributed by atoms with van der Waals surface area (Å²) in [5, 5.41) is 11.6. The van der Waals surface area contributed by atoms with Gasteiger partial charge in [-0.3, -0.25) is 4.90 Å². The molecule has 1 aliphatic rings. The molecule has 1 aromatic carbocycles. The molecule has 0 aliphatic carbocycles. The van der Waals surface area contributed by atoms with E-state index in [-0.39, 0.29) is 12.6 Å². The minimum absolute atomic E-state index is 0.205. The lowest BCUT2D eigenvalue weighted by molar-refractivity contribution is -0.137. The van der Waals surface area contributed by atoms with Crippen molar-refractivity contribution in [3.8, 4) is 0 Å². The van der Waals surface area contributed by atoms with E-state index in [1.807, 2.05) is 6.92 Å². The number of aliphatic hydroxyl groups is 1. The normalized spacial score (nSPS) is 19.7. The van der Waals surface area contributed by atoms with E-state index in [1.165, 1.54) is 17.7 Å². The highest BCUT2D eigenvalue weighted by Crippen LogP contribution is 2.35. The van der Waals surface area contributed by atoms with Gasteiger partial charge in [-0.15, -0.1) is 0 Å². The minimum Gasteiger partial charge on any atom is -0.382 e. The fourth-order valence-electron chi connectivity index (χ4n) is 3.60. The van der Waals surface area contributed by atoms with Gasteiger partial charge in [-0.05, 0) is 37.5 Å². The quantitative estimate of drug-likeness (QED) is 0.803. The maximum Gasteiger partial charge on any atom is 0.416 e. The molecule has 2 aromatic rings. The predicted octanol–water partition coefficient (Wildman–Crippen LogP) is 3.83. The number of nitrogens with zero attached hydrogens (tertiary/aromatic N) is 3. The van der Waals surface area contributed by atoms with E-state index >= 15 is 0 Å². The van der Waals surface area contributed by atoms with Crippen molar-refractivity contribution >= 4 is 0 Å². The molecule has 27 heavy (non-hydrogen) atoms. The molecule has 1 saturated heterocycles. The molecule has 1 aromatic heterocycles. The van der Waals surface area contributed by atoms with Crippen molar-refractivity contribution in [3.63, 3.8) is 0 Å². The smallest absolute Gasteiger partial charge is 0.382 e. The van der Waals surface area contributed by atoms with Gasteiger partial charge in [-0.2, -0.15) is 13.2 Å². The van der Waals surface area contributed by atoms with Gasteiger partial charge in [0, 0.05) is 31.5 Å². The van der Waals surface area contributed by atoms with Gasteiger partial charge in [0.1, 0.15) is 5.60 Å². The molecule has 1 fully saturated rings. The van der Waals surface area contributed by atoms with Crippen LogP contribution in [0.5, 0.6) is 0 Å². The molecule has 0 amide bonds. The number of benzene rings is 1. The molecule has 0 spiro atoms. The van der Waals surface area contributed by atoms with Gasteiger partial charge in [0.25, 0.3) is 0 Å². The van der Waals surface area contributed by atoms with Crippen LogP contribution in [0.1, 0.15) is 30.9 Å². The maximum absolute atomic E-state index is 12.9. The molecule has 0 saturated carbocycles. The van der Waals surface area contributed by atoms with E-state index in [2.05, 4.69) is 16.5 Å². The molecule has 1 aliphatic heterocycles. The topological polar surface area (TPSA) is 41.3 Å². The lowest BCUT2D eigenvalue weighted by atomic mass is 9.84. The maximum atomic E-state index is 12.9. The third-order valence-corrected chi connectivity index (χ3v) is 5.44. The lowest BCUT2D eigenvalue weighted by Crippen LogP contribution is -2.53. The van der Waals surface area contributed by atoms with Crippen molar-refractivity contribution in [3.05, 3.63) is 66.3 Å². The Bertz CT molecular complexity index is 761. The van der Waals surface area contributed by atoms with Crippen molar-refractivity contribution < 1.29 is 18.3 Å². The van der Waals surface area contributed by atoms with E-state index in [9.17, 15) is 18.3 Å². The second kappa shape index (κ2) is 7.48. The highest BCUT2D eigenvalue weighted by molar-refractivity contribution is 5.30. The average molecular weight is 379 g/mol. The Morgan fingerprint density at radius 3 is 2.26 bits per heavy atom. The number of alkyl halides is 3. The predicted molar refractivity (Wildman–Crippen MR) is 97.0 cm³/mol. The monoisotopic (exact) mass is 379 g/mol. The van der Waals surface area contributed by atoms with Crippen LogP contribution in [0.2, 0.25) is 0 Å². The van der Waals surface area contributed by atoms with E-state index in [0.717, 1.165) is 38.1 Å².